The second-order valence-corrected chi connectivity index (χ2v) is 10.2. The van der Waals surface area contributed by atoms with Gasteiger partial charge in [-0.05, 0) is 61.0 Å². The minimum atomic E-state index is -1.23. The van der Waals surface area contributed by atoms with Crippen LogP contribution < -0.4 is 4.90 Å². The maximum atomic E-state index is 12.9. The van der Waals surface area contributed by atoms with Gasteiger partial charge in [-0.15, -0.1) is 0 Å². The van der Waals surface area contributed by atoms with Crippen LogP contribution in [0.3, 0.4) is 0 Å². The second-order valence-electron chi connectivity index (χ2n) is 7.42. The van der Waals surface area contributed by atoms with Crippen LogP contribution in [0.15, 0.2) is 68.4 Å². The highest BCUT2D eigenvalue weighted by Gasteiger charge is 2.25. The van der Waals surface area contributed by atoms with E-state index in [9.17, 15) is 9.00 Å². The van der Waals surface area contributed by atoms with Gasteiger partial charge in [0, 0.05) is 46.3 Å². The summed E-state index contributed by atoms with van der Waals surface area (Å²) in [6.45, 7) is 4.73. The van der Waals surface area contributed by atoms with Crippen molar-refractivity contribution in [3.8, 4) is 0 Å². The fraction of sp³-hybridized carbons (Fsp3) is 0.261. The Bertz CT molecular complexity index is 1110. The number of carbonyl (C=O) groups excluding carboxylic acids is 1. The largest absolute Gasteiger partial charge is 0.455 e. The molecule has 0 radical (unpaired) electrons. The van der Waals surface area contributed by atoms with E-state index < -0.39 is 10.8 Å². The smallest absolute Gasteiger partial charge is 0.289 e. The molecule has 1 aliphatic rings. The normalized spacial score (nSPS) is 15.2. The van der Waals surface area contributed by atoms with E-state index in [4.69, 9.17) is 16.0 Å². The van der Waals surface area contributed by atoms with E-state index in [-0.39, 0.29) is 17.4 Å². The number of piperazine rings is 1. The number of hydrogen-bond donors (Lipinski definition) is 0. The van der Waals surface area contributed by atoms with Crippen molar-refractivity contribution in [2.24, 2.45) is 0 Å². The van der Waals surface area contributed by atoms with Gasteiger partial charge in [-0.3, -0.25) is 9.00 Å². The van der Waals surface area contributed by atoms with Gasteiger partial charge < -0.3 is 14.2 Å². The van der Waals surface area contributed by atoms with Crippen LogP contribution in [-0.2, 0) is 16.6 Å². The lowest BCUT2D eigenvalue weighted by atomic mass is 10.1. The molecule has 0 saturated carbocycles. The van der Waals surface area contributed by atoms with Crippen molar-refractivity contribution >= 4 is 49.9 Å². The third kappa shape index (κ3) is 5.22. The van der Waals surface area contributed by atoms with Gasteiger partial charge in [-0.1, -0.05) is 33.6 Å². The Kier molecular flexibility index (Phi) is 6.84. The Balaban J connectivity index is 1.36. The predicted octanol–water partition coefficient (Wildman–Crippen LogP) is 5.27. The van der Waals surface area contributed by atoms with E-state index in [0.717, 1.165) is 28.1 Å². The molecule has 4 rings (SSSR count). The summed E-state index contributed by atoms with van der Waals surface area (Å²) >= 11 is 9.53. The minimum Gasteiger partial charge on any atom is -0.455 e. The van der Waals surface area contributed by atoms with E-state index in [2.05, 4.69) is 27.8 Å². The van der Waals surface area contributed by atoms with E-state index in [1.54, 1.807) is 17.0 Å². The Labute approximate surface area is 197 Å². The van der Waals surface area contributed by atoms with Crippen LogP contribution in [0.1, 0.15) is 21.9 Å². The fourth-order valence-corrected chi connectivity index (χ4v) is 5.05. The first-order chi connectivity index (χ1) is 14.9. The van der Waals surface area contributed by atoms with Gasteiger partial charge in [0.2, 0.25) is 0 Å². The summed E-state index contributed by atoms with van der Waals surface area (Å²) in [7, 11) is -1.23. The van der Waals surface area contributed by atoms with Crippen molar-refractivity contribution in [1.82, 2.24) is 4.90 Å². The average molecular weight is 522 g/mol. The Hall–Kier alpha value is -2.09. The van der Waals surface area contributed by atoms with Crippen molar-refractivity contribution in [2.75, 3.05) is 31.1 Å². The zero-order valence-corrected chi connectivity index (χ0v) is 20.2. The van der Waals surface area contributed by atoms with Crippen molar-refractivity contribution in [3.63, 3.8) is 0 Å². The van der Waals surface area contributed by atoms with Crippen LogP contribution in [0.5, 0.6) is 0 Å². The van der Waals surface area contributed by atoms with E-state index in [1.165, 1.54) is 5.56 Å². The number of carbonyl (C=O) groups is 1. The van der Waals surface area contributed by atoms with E-state index >= 15 is 0 Å². The summed E-state index contributed by atoms with van der Waals surface area (Å²) in [6.07, 6.45) is 0. The molecule has 162 valence electrons. The molecule has 2 heterocycles. The molecule has 8 heteroatoms. The summed E-state index contributed by atoms with van der Waals surface area (Å²) in [4.78, 5) is 17.7. The van der Waals surface area contributed by atoms with Crippen molar-refractivity contribution in [2.45, 2.75) is 17.6 Å². The molecule has 1 fully saturated rings. The molecule has 5 nitrogen and oxygen atoms in total. The molecule has 1 saturated heterocycles. The van der Waals surface area contributed by atoms with Gasteiger partial charge in [0.05, 0.1) is 16.6 Å². The monoisotopic (exact) mass is 520 g/mol. The number of benzene rings is 2. The molecule has 1 aromatic heterocycles. The number of rotatable bonds is 5. The standard InChI is InChI=1S/C23H22BrClN2O3S/c1-16-2-5-18(25)14-21(16)26-10-12-27(13-11-26)23(28)22-9-6-19(30-22)15-31(29)20-7-3-17(24)4-8-20/h2-9,14H,10-13,15H2,1H3/t31-/m0/s1. The molecule has 1 aliphatic heterocycles. The molecular formula is C23H22BrClN2O3S. The molecule has 1 atom stereocenters. The maximum absolute atomic E-state index is 12.9. The molecule has 1 amide bonds. The Morgan fingerprint density at radius 2 is 1.77 bits per heavy atom. The van der Waals surface area contributed by atoms with Crippen molar-refractivity contribution in [3.05, 3.63) is 81.2 Å². The maximum Gasteiger partial charge on any atom is 0.289 e. The number of amides is 1. The van der Waals surface area contributed by atoms with E-state index in [1.807, 2.05) is 42.5 Å². The number of anilines is 1. The van der Waals surface area contributed by atoms with Crippen LogP contribution in [0.4, 0.5) is 5.69 Å². The van der Waals surface area contributed by atoms with Gasteiger partial charge >= 0.3 is 0 Å². The van der Waals surface area contributed by atoms with Crippen molar-refractivity contribution in [1.29, 1.82) is 0 Å². The van der Waals surface area contributed by atoms with Crippen LogP contribution in [-0.4, -0.2) is 41.2 Å². The van der Waals surface area contributed by atoms with Gasteiger partial charge in [0.1, 0.15) is 5.76 Å². The van der Waals surface area contributed by atoms with Gasteiger partial charge in [0.15, 0.2) is 5.76 Å². The second kappa shape index (κ2) is 9.59. The first-order valence-corrected chi connectivity index (χ1v) is 12.4. The van der Waals surface area contributed by atoms with Gasteiger partial charge in [-0.25, -0.2) is 0 Å². The highest BCUT2D eigenvalue weighted by atomic mass is 79.9. The third-order valence-corrected chi connectivity index (χ3v) is 7.41. The molecular weight excluding hydrogens is 500 g/mol. The minimum absolute atomic E-state index is 0.136. The quantitative estimate of drug-likeness (QED) is 0.459. The number of halogens is 2. The lowest BCUT2D eigenvalue weighted by Gasteiger charge is -2.36. The summed E-state index contributed by atoms with van der Waals surface area (Å²) in [5, 5.41) is 0.711. The molecule has 31 heavy (non-hydrogen) atoms. The summed E-state index contributed by atoms with van der Waals surface area (Å²) in [6, 6.07) is 16.6. The summed E-state index contributed by atoms with van der Waals surface area (Å²) in [5.74, 6) is 0.924. The van der Waals surface area contributed by atoms with Crippen LogP contribution >= 0.6 is 27.5 Å². The third-order valence-electron chi connectivity index (χ3n) is 5.30. The molecule has 0 N–H and O–H groups in total. The first-order valence-electron chi connectivity index (χ1n) is 9.94. The predicted molar refractivity (Wildman–Crippen MR) is 127 cm³/mol. The number of furan rings is 1. The fourth-order valence-electron chi connectivity index (χ4n) is 3.60. The molecule has 3 aromatic rings. The topological polar surface area (TPSA) is 53.8 Å². The Morgan fingerprint density at radius 3 is 2.48 bits per heavy atom. The van der Waals surface area contributed by atoms with E-state index in [0.29, 0.717) is 23.9 Å². The van der Waals surface area contributed by atoms with Crippen LogP contribution in [0.2, 0.25) is 5.02 Å². The van der Waals surface area contributed by atoms with Gasteiger partial charge in [0.25, 0.3) is 5.91 Å². The van der Waals surface area contributed by atoms with Crippen LogP contribution in [0.25, 0.3) is 0 Å². The Morgan fingerprint density at radius 1 is 1.06 bits per heavy atom. The number of nitrogens with zero attached hydrogens (tertiary/aromatic N) is 2. The number of aryl methyl sites for hydroxylation is 1. The highest BCUT2D eigenvalue weighted by molar-refractivity contribution is 9.10. The SMILES string of the molecule is Cc1ccc(Cl)cc1N1CCN(C(=O)c2ccc(C[S@](=O)c3ccc(Br)cc3)o2)CC1. The van der Waals surface area contributed by atoms with Crippen LogP contribution in [0, 0.1) is 6.92 Å². The summed E-state index contributed by atoms with van der Waals surface area (Å²) < 4.78 is 19.2. The zero-order chi connectivity index (χ0) is 22.0. The highest BCUT2D eigenvalue weighted by Crippen LogP contribution is 2.26. The first kappa shape index (κ1) is 22.1. The molecule has 0 bridgehead atoms. The van der Waals surface area contributed by atoms with Gasteiger partial charge in [-0.2, -0.15) is 0 Å². The summed E-state index contributed by atoms with van der Waals surface area (Å²) in [5.41, 5.74) is 2.27. The lowest BCUT2D eigenvalue weighted by Crippen LogP contribution is -2.48. The lowest BCUT2D eigenvalue weighted by molar-refractivity contribution is 0.0713. The molecule has 0 aliphatic carbocycles. The molecule has 0 unspecified atom stereocenters. The zero-order valence-electron chi connectivity index (χ0n) is 17.0. The molecule has 0 spiro atoms. The molecule has 2 aromatic carbocycles. The average Bonchev–Trinajstić information content (AvgIpc) is 3.24. The van der Waals surface area contributed by atoms with Crippen molar-refractivity contribution < 1.29 is 13.4 Å². The number of hydrogen-bond acceptors (Lipinski definition) is 4.